The summed E-state index contributed by atoms with van der Waals surface area (Å²) in [5.74, 6) is 0.372. The highest BCUT2D eigenvalue weighted by atomic mass is 32.1. The van der Waals surface area contributed by atoms with E-state index in [1.165, 1.54) is 82.4 Å². The number of aromatic nitrogens is 4. The topological polar surface area (TPSA) is 27.7 Å². The first-order valence-corrected chi connectivity index (χ1v) is 16.2. The van der Waals surface area contributed by atoms with Crippen molar-refractivity contribution in [1.82, 2.24) is 18.9 Å². The monoisotopic (exact) mass is 576 g/mol. The van der Waals surface area contributed by atoms with Crippen molar-refractivity contribution < 1.29 is 0 Å². The SMILES string of the molecule is CC(C)c1cc2c(n1-c1cc(-n3c4ccccc4c4ccccc43)c3sc4ccccc4c3c1)-c1ccnn1CCCC2. The average Bonchev–Trinajstić information content (AvgIpc) is 3.79. The summed E-state index contributed by atoms with van der Waals surface area (Å²) < 4.78 is 9.91. The fraction of sp³-hybridized carbons (Fsp3) is 0.184. The highest BCUT2D eigenvalue weighted by molar-refractivity contribution is 7.26. The lowest BCUT2D eigenvalue weighted by molar-refractivity contribution is 0.554. The molecule has 0 unspecified atom stereocenters. The number of aryl methyl sites for hydroxylation is 2. The quantitative estimate of drug-likeness (QED) is 0.206. The predicted octanol–water partition coefficient (Wildman–Crippen LogP) is 10.3. The predicted molar refractivity (Wildman–Crippen MR) is 181 cm³/mol. The number of para-hydroxylation sites is 2. The number of thiophene rings is 1. The van der Waals surface area contributed by atoms with Crippen LogP contribution < -0.4 is 0 Å². The zero-order chi connectivity index (χ0) is 28.7. The molecule has 5 heterocycles. The largest absolute Gasteiger partial charge is 0.311 e. The first kappa shape index (κ1) is 24.9. The van der Waals surface area contributed by atoms with Gasteiger partial charge in [-0.1, -0.05) is 68.4 Å². The molecule has 0 aliphatic carbocycles. The van der Waals surface area contributed by atoms with Gasteiger partial charge >= 0.3 is 0 Å². The Hall–Kier alpha value is -4.61. The van der Waals surface area contributed by atoms with Crippen LogP contribution in [0.4, 0.5) is 0 Å². The molecule has 0 saturated carbocycles. The van der Waals surface area contributed by atoms with Crippen LogP contribution in [-0.2, 0) is 13.0 Å². The van der Waals surface area contributed by atoms with Crippen molar-refractivity contribution in [2.24, 2.45) is 0 Å². The molecular weight excluding hydrogens is 545 g/mol. The fourth-order valence-corrected chi connectivity index (χ4v) is 8.51. The molecule has 4 aromatic heterocycles. The molecule has 8 aromatic rings. The summed E-state index contributed by atoms with van der Waals surface area (Å²) in [6.45, 7) is 5.61. The van der Waals surface area contributed by atoms with Crippen molar-refractivity contribution in [3.05, 3.63) is 115 Å². The van der Waals surface area contributed by atoms with Crippen LogP contribution in [0.3, 0.4) is 0 Å². The third-order valence-electron chi connectivity index (χ3n) is 9.25. The minimum Gasteiger partial charge on any atom is -0.311 e. The Balaban J connectivity index is 1.45. The summed E-state index contributed by atoms with van der Waals surface area (Å²) in [5, 5.41) is 9.96. The van der Waals surface area contributed by atoms with E-state index in [-0.39, 0.29) is 0 Å². The molecule has 1 aliphatic rings. The normalized spacial score (nSPS) is 13.7. The summed E-state index contributed by atoms with van der Waals surface area (Å²) in [6.07, 6.45) is 5.39. The molecule has 43 heavy (non-hydrogen) atoms. The van der Waals surface area contributed by atoms with Gasteiger partial charge in [0.1, 0.15) is 0 Å². The van der Waals surface area contributed by atoms with Gasteiger partial charge in [-0.05, 0) is 73.2 Å². The average molecular weight is 577 g/mol. The molecule has 0 radical (unpaired) electrons. The molecule has 0 saturated heterocycles. The highest BCUT2D eigenvalue weighted by Gasteiger charge is 2.25. The number of hydrogen-bond acceptors (Lipinski definition) is 2. The minimum absolute atomic E-state index is 0.372. The van der Waals surface area contributed by atoms with Gasteiger partial charge in [0.15, 0.2) is 0 Å². The number of fused-ring (bicyclic) bond motifs is 9. The van der Waals surface area contributed by atoms with Crippen LogP contribution in [0.2, 0.25) is 0 Å². The van der Waals surface area contributed by atoms with Gasteiger partial charge in [-0.2, -0.15) is 5.10 Å². The third kappa shape index (κ3) is 3.64. The third-order valence-corrected chi connectivity index (χ3v) is 10.5. The number of hydrogen-bond donors (Lipinski definition) is 0. The van der Waals surface area contributed by atoms with E-state index in [1.807, 2.05) is 17.5 Å². The smallest absolute Gasteiger partial charge is 0.0853 e. The summed E-state index contributed by atoms with van der Waals surface area (Å²) in [7, 11) is 0. The summed E-state index contributed by atoms with van der Waals surface area (Å²) in [4.78, 5) is 0. The molecule has 0 amide bonds. The van der Waals surface area contributed by atoms with Crippen LogP contribution in [-0.4, -0.2) is 18.9 Å². The van der Waals surface area contributed by atoms with E-state index in [2.05, 4.69) is 125 Å². The Morgan fingerprint density at radius 3 is 2.21 bits per heavy atom. The number of benzene rings is 4. The molecule has 0 spiro atoms. The van der Waals surface area contributed by atoms with Crippen LogP contribution in [0.15, 0.2) is 103 Å². The lowest BCUT2D eigenvalue weighted by atomic mass is 10.0. The van der Waals surface area contributed by atoms with Gasteiger partial charge in [0.05, 0.1) is 32.8 Å². The zero-order valence-corrected chi connectivity index (χ0v) is 25.2. The van der Waals surface area contributed by atoms with Crippen LogP contribution in [0, 0.1) is 0 Å². The maximum Gasteiger partial charge on any atom is 0.0853 e. The lowest BCUT2D eigenvalue weighted by Gasteiger charge is -2.20. The molecule has 0 atom stereocenters. The molecule has 1 aliphatic heterocycles. The van der Waals surface area contributed by atoms with E-state index in [9.17, 15) is 0 Å². The van der Waals surface area contributed by atoms with Crippen LogP contribution in [0.1, 0.15) is 43.9 Å². The molecule has 4 nitrogen and oxygen atoms in total. The second kappa shape index (κ2) is 9.45. The number of rotatable bonds is 3. The molecule has 9 rings (SSSR count). The summed E-state index contributed by atoms with van der Waals surface area (Å²) in [5.41, 5.74) is 10.2. The van der Waals surface area contributed by atoms with Crippen molar-refractivity contribution in [3.8, 4) is 22.8 Å². The Labute approximate surface area is 254 Å². The zero-order valence-electron chi connectivity index (χ0n) is 24.4. The fourth-order valence-electron chi connectivity index (χ4n) is 7.32. The van der Waals surface area contributed by atoms with E-state index in [4.69, 9.17) is 5.10 Å². The van der Waals surface area contributed by atoms with Gasteiger partial charge in [-0.3, -0.25) is 4.68 Å². The van der Waals surface area contributed by atoms with E-state index in [0.717, 1.165) is 19.4 Å². The molecule has 0 bridgehead atoms. The van der Waals surface area contributed by atoms with E-state index in [1.54, 1.807) is 0 Å². The maximum absolute atomic E-state index is 4.76. The van der Waals surface area contributed by atoms with Gasteiger partial charge in [0.25, 0.3) is 0 Å². The molecule has 5 heteroatoms. The van der Waals surface area contributed by atoms with Crippen molar-refractivity contribution in [1.29, 1.82) is 0 Å². The Morgan fingerprint density at radius 2 is 1.44 bits per heavy atom. The van der Waals surface area contributed by atoms with E-state index < -0.39 is 0 Å². The van der Waals surface area contributed by atoms with Crippen LogP contribution in [0.25, 0.3) is 64.7 Å². The second-order valence-electron chi connectivity index (χ2n) is 12.1. The van der Waals surface area contributed by atoms with Gasteiger partial charge < -0.3 is 9.13 Å². The molecule has 0 N–H and O–H groups in total. The van der Waals surface area contributed by atoms with Crippen molar-refractivity contribution in [3.63, 3.8) is 0 Å². The molecular formula is C38H32N4S. The first-order valence-electron chi connectivity index (χ1n) is 15.4. The van der Waals surface area contributed by atoms with Gasteiger partial charge in [-0.25, -0.2) is 0 Å². The van der Waals surface area contributed by atoms with Gasteiger partial charge in [0, 0.05) is 50.4 Å². The van der Waals surface area contributed by atoms with Crippen molar-refractivity contribution >= 4 is 53.3 Å². The van der Waals surface area contributed by atoms with Crippen LogP contribution >= 0.6 is 11.3 Å². The molecule has 4 aromatic carbocycles. The maximum atomic E-state index is 4.76. The molecule has 0 fully saturated rings. The molecule has 210 valence electrons. The first-order chi connectivity index (χ1) is 21.2. The van der Waals surface area contributed by atoms with Crippen LogP contribution in [0.5, 0.6) is 0 Å². The van der Waals surface area contributed by atoms with E-state index in [0.29, 0.717) is 5.92 Å². The van der Waals surface area contributed by atoms with Gasteiger partial charge in [-0.15, -0.1) is 11.3 Å². The number of nitrogens with zero attached hydrogens (tertiary/aromatic N) is 4. The summed E-state index contributed by atoms with van der Waals surface area (Å²) in [6, 6.07) is 36.1. The Bertz CT molecular complexity index is 2290. The van der Waals surface area contributed by atoms with Crippen molar-refractivity contribution in [2.75, 3.05) is 0 Å². The van der Waals surface area contributed by atoms with Crippen molar-refractivity contribution in [2.45, 2.75) is 45.6 Å². The second-order valence-corrected chi connectivity index (χ2v) is 13.2. The Morgan fingerprint density at radius 1 is 0.721 bits per heavy atom. The van der Waals surface area contributed by atoms with Gasteiger partial charge in [0.2, 0.25) is 0 Å². The minimum atomic E-state index is 0.372. The lowest BCUT2D eigenvalue weighted by Crippen LogP contribution is -2.11. The Kier molecular flexibility index (Phi) is 5.48. The standard InChI is InChI=1S/C38H32N4S/c1-24(2)34-21-25-11-9-10-20-40-33(18-19-39-40)37(25)41(34)26-22-30-29-14-5-8-17-36(29)43-38(30)35(23-26)42-31-15-6-3-12-27(31)28-13-4-7-16-32(28)42/h3-8,12-19,21-24H,9-11,20H2,1-2H3. The summed E-state index contributed by atoms with van der Waals surface area (Å²) >= 11 is 1.90. The highest BCUT2D eigenvalue weighted by Crippen LogP contribution is 2.44. The van der Waals surface area contributed by atoms with E-state index >= 15 is 0 Å².